The van der Waals surface area contributed by atoms with Gasteiger partial charge in [-0.3, -0.25) is 9.78 Å². The molecule has 106 valence electrons. The maximum absolute atomic E-state index is 12.6. The Labute approximate surface area is 102 Å². The molecule has 1 aromatic heterocycles. The van der Waals surface area contributed by atoms with Crippen molar-refractivity contribution >= 4 is 11.7 Å². The second-order valence-electron chi connectivity index (χ2n) is 3.32. The lowest BCUT2D eigenvalue weighted by Gasteiger charge is -2.15. The van der Waals surface area contributed by atoms with Gasteiger partial charge in [0.1, 0.15) is 5.69 Å². The van der Waals surface area contributed by atoms with Gasteiger partial charge >= 0.3 is 12.3 Å². The molecule has 0 saturated carbocycles. The van der Waals surface area contributed by atoms with Crippen molar-refractivity contribution in [2.45, 2.75) is 19.2 Å². The molecule has 0 amide bonds. The number of alkyl halides is 5. The van der Waals surface area contributed by atoms with Crippen LogP contribution in [0.5, 0.6) is 5.75 Å². The van der Waals surface area contributed by atoms with Gasteiger partial charge in [-0.15, -0.1) is 13.2 Å². The summed E-state index contributed by atoms with van der Waals surface area (Å²) in [7, 11) is 0. The Morgan fingerprint density at radius 2 is 2.05 bits per heavy atom. The van der Waals surface area contributed by atoms with Crippen molar-refractivity contribution in [2.75, 3.05) is 5.73 Å². The number of carboxylic acid groups (broad SMARTS) is 1. The van der Waals surface area contributed by atoms with Gasteiger partial charge in [0.25, 0.3) is 6.43 Å². The molecule has 0 aromatic carbocycles. The summed E-state index contributed by atoms with van der Waals surface area (Å²) in [4.78, 5) is 13.6. The first kappa shape index (κ1) is 14.9. The summed E-state index contributed by atoms with van der Waals surface area (Å²) in [5.74, 6) is -2.56. The van der Waals surface area contributed by atoms with E-state index in [4.69, 9.17) is 10.8 Å². The number of nitrogens with zero attached hydrogens (tertiary/aromatic N) is 1. The van der Waals surface area contributed by atoms with Gasteiger partial charge in [-0.1, -0.05) is 0 Å². The summed E-state index contributed by atoms with van der Waals surface area (Å²) in [6.07, 6.45) is -8.89. The highest BCUT2D eigenvalue weighted by Crippen LogP contribution is 2.34. The molecule has 10 heteroatoms. The average Bonchev–Trinajstić information content (AvgIpc) is 2.21. The Hall–Kier alpha value is -2.13. The molecule has 1 heterocycles. The van der Waals surface area contributed by atoms with Crippen LogP contribution in [0.3, 0.4) is 0 Å². The molecule has 1 rings (SSSR count). The normalized spacial score (nSPS) is 11.7. The first-order chi connectivity index (χ1) is 8.61. The maximum atomic E-state index is 12.6. The third-order valence-electron chi connectivity index (χ3n) is 1.98. The van der Waals surface area contributed by atoms with E-state index >= 15 is 0 Å². The van der Waals surface area contributed by atoms with E-state index in [1.54, 1.807) is 0 Å². The Bertz CT molecular complexity index is 489. The number of rotatable bonds is 4. The topological polar surface area (TPSA) is 85.4 Å². The van der Waals surface area contributed by atoms with Gasteiger partial charge in [-0.2, -0.15) is 0 Å². The highest BCUT2D eigenvalue weighted by molar-refractivity contribution is 5.75. The quantitative estimate of drug-likeness (QED) is 0.828. The highest BCUT2D eigenvalue weighted by atomic mass is 19.4. The zero-order valence-corrected chi connectivity index (χ0v) is 9.04. The Morgan fingerprint density at radius 1 is 1.47 bits per heavy atom. The van der Waals surface area contributed by atoms with Gasteiger partial charge in [0.2, 0.25) is 0 Å². The molecular formula is C9H7F5N2O3. The molecule has 0 unspecified atom stereocenters. The Kier molecular flexibility index (Phi) is 4.12. The molecular weight excluding hydrogens is 279 g/mol. The Morgan fingerprint density at radius 3 is 2.47 bits per heavy atom. The fourth-order valence-electron chi connectivity index (χ4n) is 1.29. The minimum Gasteiger partial charge on any atom is -0.481 e. The van der Waals surface area contributed by atoms with Crippen molar-refractivity contribution in [1.82, 2.24) is 4.98 Å². The molecule has 19 heavy (non-hydrogen) atoms. The summed E-state index contributed by atoms with van der Waals surface area (Å²) < 4.78 is 64.6. The van der Waals surface area contributed by atoms with Crippen LogP contribution in [-0.4, -0.2) is 22.4 Å². The van der Waals surface area contributed by atoms with E-state index in [9.17, 15) is 26.7 Å². The van der Waals surface area contributed by atoms with Gasteiger partial charge < -0.3 is 15.6 Å². The second kappa shape index (κ2) is 5.24. The molecule has 5 nitrogen and oxygen atoms in total. The van der Waals surface area contributed by atoms with E-state index in [1.165, 1.54) is 0 Å². The van der Waals surface area contributed by atoms with Crippen LogP contribution in [0.15, 0.2) is 6.20 Å². The molecule has 0 aliphatic heterocycles. The summed E-state index contributed by atoms with van der Waals surface area (Å²) in [6.45, 7) is 0. The Balaban J connectivity index is 3.29. The first-order valence-electron chi connectivity index (χ1n) is 4.64. The molecule has 0 spiro atoms. The summed E-state index contributed by atoms with van der Waals surface area (Å²) in [5.41, 5.74) is 2.69. The maximum Gasteiger partial charge on any atom is 0.573 e. The predicted molar refractivity (Wildman–Crippen MR) is 51.6 cm³/mol. The number of aliphatic carboxylic acids is 1. The highest BCUT2D eigenvalue weighted by Gasteiger charge is 2.33. The summed E-state index contributed by atoms with van der Waals surface area (Å²) in [5, 5.41) is 8.53. The van der Waals surface area contributed by atoms with Gasteiger partial charge in [-0.25, -0.2) is 8.78 Å². The lowest BCUT2D eigenvalue weighted by Crippen LogP contribution is -2.19. The van der Waals surface area contributed by atoms with Gasteiger partial charge in [-0.05, 0) is 0 Å². The van der Waals surface area contributed by atoms with Crippen LogP contribution in [-0.2, 0) is 11.2 Å². The predicted octanol–water partition coefficient (Wildman–Crippen LogP) is 2.13. The van der Waals surface area contributed by atoms with Crippen LogP contribution in [0.25, 0.3) is 0 Å². The third-order valence-corrected chi connectivity index (χ3v) is 1.98. The fraction of sp³-hybridized carbons (Fsp3) is 0.333. The average molecular weight is 286 g/mol. The number of aromatic nitrogens is 1. The van der Waals surface area contributed by atoms with Crippen molar-refractivity contribution < 1.29 is 36.6 Å². The van der Waals surface area contributed by atoms with E-state index in [-0.39, 0.29) is 0 Å². The number of ether oxygens (including phenoxy) is 1. The minimum atomic E-state index is -5.09. The summed E-state index contributed by atoms with van der Waals surface area (Å²) >= 11 is 0. The van der Waals surface area contributed by atoms with E-state index in [2.05, 4.69) is 9.72 Å². The van der Waals surface area contributed by atoms with Crippen molar-refractivity contribution in [1.29, 1.82) is 0 Å². The number of nitrogens with two attached hydrogens (primary N) is 1. The first-order valence-corrected chi connectivity index (χ1v) is 4.64. The van der Waals surface area contributed by atoms with Crippen LogP contribution in [0.4, 0.5) is 27.6 Å². The van der Waals surface area contributed by atoms with Crippen LogP contribution in [0.1, 0.15) is 17.7 Å². The third kappa shape index (κ3) is 3.93. The van der Waals surface area contributed by atoms with E-state index in [0.717, 1.165) is 0 Å². The number of hydrogen-bond acceptors (Lipinski definition) is 4. The van der Waals surface area contributed by atoms with Crippen molar-refractivity contribution in [2.24, 2.45) is 0 Å². The number of hydrogen-bond donors (Lipinski definition) is 2. The van der Waals surface area contributed by atoms with E-state index in [1.807, 2.05) is 0 Å². The molecule has 0 atom stereocenters. The molecule has 0 aliphatic rings. The summed E-state index contributed by atoms with van der Waals surface area (Å²) in [6, 6.07) is 0. The van der Waals surface area contributed by atoms with Gasteiger partial charge in [0.05, 0.1) is 18.3 Å². The van der Waals surface area contributed by atoms with Crippen LogP contribution in [0, 0.1) is 0 Å². The molecule has 0 bridgehead atoms. The molecule has 0 aliphatic carbocycles. The van der Waals surface area contributed by atoms with Crippen LogP contribution in [0.2, 0.25) is 0 Å². The molecule has 1 aromatic rings. The standard InChI is InChI=1S/C9H7F5N2O3/c10-8(11)7-3(1-5(17)18)6(15)4(2-16-7)19-9(12,13)14/h2,8H,1H2,(H2,15,16)(H,17,18). The fourth-order valence-corrected chi connectivity index (χ4v) is 1.29. The smallest absolute Gasteiger partial charge is 0.481 e. The molecule has 3 N–H and O–H groups in total. The SMILES string of the molecule is Nc1c(OC(F)(F)F)cnc(C(F)F)c1CC(=O)O. The zero-order chi connectivity index (χ0) is 14.8. The number of carboxylic acids is 1. The largest absolute Gasteiger partial charge is 0.573 e. The molecule has 0 saturated heterocycles. The monoisotopic (exact) mass is 286 g/mol. The van der Waals surface area contributed by atoms with Crippen LogP contribution < -0.4 is 10.5 Å². The lowest BCUT2D eigenvalue weighted by atomic mass is 10.1. The lowest BCUT2D eigenvalue weighted by molar-refractivity contribution is -0.274. The minimum absolute atomic E-state index is 0.371. The second-order valence-corrected chi connectivity index (χ2v) is 3.32. The number of anilines is 1. The van der Waals surface area contributed by atoms with E-state index in [0.29, 0.717) is 6.20 Å². The zero-order valence-electron chi connectivity index (χ0n) is 9.04. The number of pyridine rings is 1. The van der Waals surface area contributed by atoms with Crippen molar-refractivity contribution in [3.05, 3.63) is 17.5 Å². The number of carbonyl (C=O) groups is 1. The van der Waals surface area contributed by atoms with Crippen molar-refractivity contribution in [3.8, 4) is 5.75 Å². The molecule has 0 radical (unpaired) electrons. The van der Waals surface area contributed by atoms with Gasteiger partial charge in [0.15, 0.2) is 5.75 Å². The molecule has 0 fully saturated rings. The van der Waals surface area contributed by atoms with Crippen LogP contribution >= 0.6 is 0 Å². The number of nitrogen functional groups attached to an aromatic ring is 1. The number of halogens is 5. The van der Waals surface area contributed by atoms with Gasteiger partial charge in [0, 0.05) is 5.56 Å². The van der Waals surface area contributed by atoms with Crippen molar-refractivity contribution in [3.63, 3.8) is 0 Å². The van der Waals surface area contributed by atoms with E-state index < -0.39 is 47.9 Å².